The van der Waals surface area contributed by atoms with Gasteiger partial charge in [0.2, 0.25) is 0 Å². The lowest BCUT2D eigenvalue weighted by Crippen LogP contribution is -2.20. The number of thiocarbonyl (C=S) groups is 1. The molecule has 0 saturated heterocycles. The van der Waals surface area contributed by atoms with Crippen molar-refractivity contribution in [1.29, 1.82) is 0 Å². The SMILES string of the molecule is CSC(=S)NCCc1c[nH]c2c(Cl)cc(Cl)cc12. The molecular weight excluding hydrogens is 307 g/mol. The van der Waals surface area contributed by atoms with Gasteiger partial charge in [-0.25, -0.2) is 0 Å². The number of fused-ring (bicyclic) bond motifs is 1. The van der Waals surface area contributed by atoms with Crippen LogP contribution in [-0.2, 0) is 6.42 Å². The second-order valence-corrected chi connectivity index (χ2v) is 6.12. The lowest BCUT2D eigenvalue weighted by molar-refractivity contribution is 0.887. The van der Waals surface area contributed by atoms with E-state index in [-0.39, 0.29) is 0 Å². The van der Waals surface area contributed by atoms with Crippen molar-refractivity contribution >= 4 is 62.4 Å². The molecule has 1 aromatic carbocycles. The van der Waals surface area contributed by atoms with Gasteiger partial charge in [0.25, 0.3) is 0 Å². The van der Waals surface area contributed by atoms with Crippen molar-refractivity contribution in [2.24, 2.45) is 0 Å². The molecule has 18 heavy (non-hydrogen) atoms. The minimum atomic E-state index is 0.649. The second kappa shape index (κ2) is 6.15. The highest BCUT2D eigenvalue weighted by molar-refractivity contribution is 8.22. The summed E-state index contributed by atoms with van der Waals surface area (Å²) in [5.74, 6) is 0. The summed E-state index contributed by atoms with van der Waals surface area (Å²) in [4.78, 5) is 3.18. The van der Waals surface area contributed by atoms with E-state index < -0.39 is 0 Å². The molecule has 0 unspecified atom stereocenters. The summed E-state index contributed by atoms with van der Waals surface area (Å²) < 4.78 is 0.811. The lowest BCUT2D eigenvalue weighted by atomic mass is 10.1. The molecule has 2 rings (SSSR count). The number of H-pyrrole nitrogens is 1. The molecule has 0 spiro atoms. The Morgan fingerprint density at radius 1 is 1.44 bits per heavy atom. The van der Waals surface area contributed by atoms with Crippen LogP contribution in [0.1, 0.15) is 5.56 Å². The van der Waals surface area contributed by atoms with Gasteiger partial charge in [-0.2, -0.15) is 0 Å². The van der Waals surface area contributed by atoms with Crippen molar-refractivity contribution < 1.29 is 0 Å². The number of hydrogen-bond donors (Lipinski definition) is 2. The Labute approximate surface area is 125 Å². The number of aromatic amines is 1. The van der Waals surface area contributed by atoms with E-state index in [1.54, 1.807) is 17.8 Å². The van der Waals surface area contributed by atoms with E-state index in [9.17, 15) is 0 Å². The molecule has 0 bridgehead atoms. The highest BCUT2D eigenvalue weighted by Gasteiger charge is 2.08. The van der Waals surface area contributed by atoms with Gasteiger partial charge in [-0.15, -0.1) is 11.8 Å². The van der Waals surface area contributed by atoms with E-state index in [1.165, 1.54) is 5.56 Å². The fourth-order valence-corrected chi connectivity index (χ4v) is 2.69. The maximum absolute atomic E-state index is 6.13. The first kappa shape index (κ1) is 14.0. The van der Waals surface area contributed by atoms with Gasteiger partial charge in [0.1, 0.15) is 4.32 Å². The zero-order valence-electron chi connectivity index (χ0n) is 9.72. The summed E-state index contributed by atoms with van der Waals surface area (Å²) in [6, 6.07) is 3.67. The first-order valence-electron chi connectivity index (χ1n) is 5.38. The summed E-state index contributed by atoms with van der Waals surface area (Å²) in [6.07, 6.45) is 4.80. The molecule has 0 amide bonds. The molecule has 0 atom stereocenters. The predicted molar refractivity (Wildman–Crippen MR) is 86.1 cm³/mol. The highest BCUT2D eigenvalue weighted by atomic mass is 35.5. The molecule has 6 heteroatoms. The molecule has 2 N–H and O–H groups in total. The number of nitrogens with one attached hydrogen (secondary N) is 2. The molecule has 0 saturated carbocycles. The number of hydrogen-bond acceptors (Lipinski definition) is 2. The first-order valence-corrected chi connectivity index (χ1v) is 7.77. The largest absolute Gasteiger partial charge is 0.371 e. The average molecular weight is 319 g/mol. The number of aromatic nitrogens is 1. The van der Waals surface area contributed by atoms with Gasteiger partial charge in [0.05, 0.1) is 10.5 Å². The predicted octanol–water partition coefficient (Wildman–Crippen LogP) is 4.25. The van der Waals surface area contributed by atoms with E-state index in [4.69, 9.17) is 35.4 Å². The van der Waals surface area contributed by atoms with Crippen LogP contribution in [0.2, 0.25) is 10.0 Å². The van der Waals surface area contributed by atoms with Crippen molar-refractivity contribution in [3.05, 3.63) is 33.9 Å². The molecular formula is C12H12Cl2N2S2. The van der Waals surface area contributed by atoms with E-state index in [2.05, 4.69) is 10.3 Å². The van der Waals surface area contributed by atoms with Gasteiger partial charge in [-0.05, 0) is 30.4 Å². The van der Waals surface area contributed by atoms with Crippen LogP contribution in [0.4, 0.5) is 0 Å². The Balaban J connectivity index is 2.16. The van der Waals surface area contributed by atoms with Gasteiger partial charge in [-0.3, -0.25) is 0 Å². The Morgan fingerprint density at radius 3 is 2.94 bits per heavy atom. The number of thioether (sulfide) groups is 1. The van der Waals surface area contributed by atoms with Crippen LogP contribution in [0, 0.1) is 0 Å². The number of benzene rings is 1. The number of rotatable bonds is 3. The third-order valence-electron chi connectivity index (χ3n) is 2.64. The fraction of sp³-hybridized carbons (Fsp3) is 0.250. The van der Waals surface area contributed by atoms with Crippen LogP contribution in [0.15, 0.2) is 18.3 Å². The standard InChI is InChI=1S/C12H12Cl2N2S2/c1-18-12(17)15-3-2-7-6-16-11-9(7)4-8(13)5-10(11)14/h4-6,16H,2-3H2,1H3,(H,15,17). The Hall–Kier alpha value is -0.420. The van der Waals surface area contributed by atoms with Crippen molar-refractivity contribution in [2.75, 3.05) is 12.8 Å². The molecule has 96 valence electrons. The Morgan fingerprint density at radius 2 is 2.22 bits per heavy atom. The van der Waals surface area contributed by atoms with Gasteiger partial charge in [-0.1, -0.05) is 35.4 Å². The van der Waals surface area contributed by atoms with Crippen molar-refractivity contribution in [3.8, 4) is 0 Å². The zero-order valence-corrected chi connectivity index (χ0v) is 12.9. The topological polar surface area (TPSA) is 27.8 Å². The Kier molecular flexibility index (Phi) is 4.78. The maximum atomic E-state index is 6.13. The van der Waals surface area contributed by atoms with Crippen molar-refractivity contribution in [1.82, 2.24) is 10.3 Å². The van der Waals surface area contributed by atoms with Gasteiger partial charge in [0.15, 0.2) is 0 Å². The molecule has 2 nitrogen and oxygen atoms in total. The van der Waals surface area contributed by atoms with E-state index in [0.29, 0.717) is 10.0 Å². The van der Waals surface area contributed by atoms with Gasteiger partial charge < -0.3 is 10.3 Å². The van der Waals surface area contributed by atoms with Crippen LogP contribution >= 0.6 is 47.2 Å². The lowest BCUT2D eigenvalue weighted by Gasteiger charge is -2.04. The van der Waals surface area contributed by atoms with Crippen LogP contribution in [0.3, 0.4) is 0 Å². The molecule has 0 fully saturated rings. The monoisotopic (exact) mass is 318 g/mol. The van der Waals surface area contributed by atoms with Gasteiger partial charge >= 0.3 is 0 Å². The fourth-order valence-electron chi connectivity index (χ4n) is 1.79. The van der Waals surface area contributed by atoms with Crippen LogP contribution in [0.5, 0.6) is 0 Å². The first-order chi connectivity index (χ1) is 8.61. The normalized spacial score (nSPS) is 10.8. The third-order valence-corrected chi connectivity index (χ3v) is 4.32. The van der Waals surface area contributed by atoms with E-state index in [0.717, 1.165) is 28.2 Å². The third kappa shape index (κ3) is 3.12. The summed E-state index contributed by atoms with van der Waals surface area (Å²) in [7, 11) is 0. The minimum absolute atomic E-state index is 0.649. The van der Waals surface area contributed by atoms with Crippen LogP contribution in [-0.4, -0.2) is 22.1 Å². The number of halogens is 2. The zero-order chi connectivity index (χ0) is 13.1. The molecule has 0 radical (unpaired) electrons. The van der Waals surface area contributed by atoms with E-state index >= 15 is 0 Å². The summed E-state index contributed by atoms with van der Waals surface area (Å²) in [5, 5.41) is 5.56. The van der Waals surface area contributed by atoms with Gasteiger partial charge in [0, 0.05) is 23.2 Å². The molecule has 1 heterocycles. The van der Waals surface area contributed by atoms with E-state index in [1.807, 2.05) is 18.5 Å². The van der Waals surface area contributed by atoms with Crippen LogP contribution < -0.4 is 5.32 Å². The highest BCUT2D eigenvalue weighted by Crippen LogP contribution is 2.29. The quantitative estimate of drug-likeness (QED) is 0.828. The van der Waals surface area contributed by atoms with Crippen molar-refractivity contribution in [2.45, 2.75) is 6.42 Å². The summed E-state index contributed by atoms with van der Waals surface area (Å²) in [6.45, 7) is 0.802. The average Bonchev–Trinajstić information content (AvgIpc) is 2.72. The Bertz CT molecular complexity index is 581. The molecule has 2 aromatic rings. The second-order valence-electron chi connectivity index (χ2n) is 3.79. The summed E-state index contributed by atoms with van der Waals surface area (Å²) >= 11 is 18.8. The van der Waals surface area contributed by atoms with Crippen LogP contribution in [0.25, 0.3) is 10.9 Å². The molecule has 0 aliphatic carbocycles. The maximum Gasteiger partial charge on any atom is 0.133 e. The minimum Gasteiger partial charge on any atom is -0.371 e. The summed E-state index contributed by atoms with van der Waals surface area (Å²) in [5.41, 5.74) is 2.12. The smallest absolute Gasteiger partial charge is 0.133 e. The molecule has 0 aliphatic heterocycles. The van der Waals surface area contributed by atoms with Crippen molar-refractivity contribution in [3.63, 3.8) is 0 Å². The molecule has 0 aliphatic rings. The molecule has 1 aromatic heterocycles.